The van der Waals surface area contributed by atoms with Crippen molar-refractivity contribution in [2.45, 2.75) is 40.5 Å². The van der Waals surface area contributed by atoms with Crippen LogP contribution >= 0.6 is 22.9 Å². The van der Waals surface area contributed by atoms with Gasteiger partial charge in [-0.1, -0.05) is 73.5 Å². The van der Waals surface area contributed by atoms with Crippen LogP contribution in [0.25, 0.3) is 21.3 Å². The van der Waals surface area contributed by atoms with Gasteiger partial charge in [0.05, 0.1) is 16.9 Å². The Bertz CT molecular complexity index is 1810. The Hall–Kier alpha value is -4.20. The fourth-order valence-electron chi connectivity index (χ4n) is 4.92. The summed E-state index contributed by atoms with van der Waals surface area (Å²) < 4.78 is 0. The molecule has 0 fully saturated rings. The van der Waals surface area contributed by atoms with E-state index in [4.69, 9.17) is 22.3 Å². The standard InChI is InChI=1S/C33H31ClN4O2S/c1-17(2)21-11-13-22(14-12-21)37-32(40)30-29(35)28-27(23-8-6-7-9-24(23)34)26(20(5)36-33(28)41-30)31(39)38-25-15-10-18(3)16-19(25)4/h6-17H,35H2,1-5H3,(H,37,40)(H,38,39). The summed E-state index contributed by atoms with van der Waals surface area (Å²) in [6.07, 6.45) is 0. The molecule has 0 radical (unpaired) electrons. The first-order valence-corrected chi connectivity index (χ1v) is 14.5. The summed E-state index contributed by atoms with van der Waals surface area (Å²) in [5, 5.41) is 6.98. The molecule has 208 valence electrons. The maximum absolute atomic E-state index is 13.9. The summed E-state index contributed by atoms with van der Waals surface area (Å²) in [7, 11) is 0. The zero-order chi connectivity index (χ0) is 29.4. The first-order valence-electron chi connectivity index (χ1n) is 13.3. The van der Waals surface area contributed by atoms with Gasteiger partial charge in [0.1, 0.15) is 9.71 Å². The number of nitrogens with zero attached hydrogens (tertiary/aromatic N) is 1. The second kappa shape index (κ2) is 11.4. The fourth-order valence-corrected chi connectivity index (χ4v) is 6.20. The number of carbonyl (C=O) groups is 2. The number of pyridine rings is 1. The van der Waals surface area contributed by atoms with Gasteiger partial charge in [0.15, 0.2) is 0 Å². The van der Waals surface area contributed by atoms with Crippen LogP contribution in [0.2, 0.25) is 5.02 Å². The first-order chi connectivity index (χ1) is 19.5. The lowest BCUT2D eigenvalue weighted by Crippen LogP contribution is -2.17. The number of rotatable bonds is 6. The maximum atomic E-state index is 13.9. The third-order valence-electron chi connectivity index (χ3n) is 7.10. The zero-order valence-electron chi connectivity index (χ0n) is 23.6. The van der Waals surface area contributed by atoms with Gasteiger partial charge in [-0.2, -0.15) is 0 Å². The van der Waals surface area contributed by atoms with Gasteiger partial charge in [0.2, 0.25) is 0 Å². The summed E-state index contributed by atoms with van der Waals surface area (Å²) in [5.74, 6) is -0.288. The summed E-state index contributed by atoms with van der Waals surface area (Å²) in [6, 6.07) is 20.9. The van der Waals surface area contributed by atoms with Crippen molar-refractivity contribution < 1.29 is 9.59 Å². The van der Waals surface area contributed by atoms with Crippen LogP contribution in [-0.2, 0) is 0 Å². The molecule has 41 heavy (non-hydrogen) atoms. The molecule has 0 saturated carbocycles. The van der Waals surface area contributed by atoms with Crippen LogP contribution in [0.4, 0.5) is 17.1 Å². The minimum Gasteiger partial charge on any atom is -0.397 e. The average molecular weight is 583 g/mol. The number of anilines is 3. The van der Waals surface area contributed by atoms with Crippen LogP contribution in [0.5, 0.6) is 0 Å². The molecule has 2 aromatic heterocycles. The largest absolute Gasteiger partial charge is 0.397 e. The number of fused-ring (bicyclic) bond motifs is 1. The number of aryl methyl sites for hydroxylation is 3. The number of thiophene rings is 1. The number of aromatic nitrogens is 1. The summed E-state index contributed by atoms with van der Waals surface area (Å²) in [6.45, 7) is 9.97. The molecule has 0 bridgehead atoms. The first kappa shape index (κ1) is 28.3. The molecule has 8 heteroatoms. The molecule has 5 rings (SSSR count). The molecule has 0 saturated heterocycles. The number of nitrogens with one attached hydrogen (secondary N) is 2. The Morgan fingerprint density at radius 3 is 2.29 bits per heavy atom. The van der Waals surface area contributed by atoms with E-state index in [2.05, 4.69) is 24.5 Å². The monoisotopic (exact) mass is 582 g/mol. The van der Waals surface area contributed by atoms with Crippen molar-refractivity contribution >= 4 is 62.0 Å². The highest BCUT2D eigenvalue weighted by molar-refractivity contribution is 7.21. The lowest BCUT2D eigenvalue weighted by molar-refractivity contribution is 0.102. The number of carbonyl (C=O) groups excluding carboxylic acids is 2. The number of benzene rings is 3. The van der Waals surface area contributed by atoms with Crippen LogP contribution in [0.3, 0.4) is 0 Å². The summed E-state index contributed by atoms with van der Waals surface area (Å²) >= 11 is 7.88. The number of nitrogen functional groups attached to an aromatic ring is 1. The van der Waals surface area contributed by atoms with E-state index in [1.54, 1.807) is 13.0 Å². The highest BCUT2D eigenvalue weighted by Crippen LogP contribution is 2.44. The van der Waals surface area contributed by atoms with Crippen molar-refractivity contribution in [2.24, 2.45) is 0 Å². The van der Waals surface area contributed by atoms with Gasteiger partial charge in [-0.15, -0.1) is 11.3 Å². The van der Waals surface area contributed by atoms with Gasteiger partial charge in [-0.05, 0) is 62.1 Å². The Labute approximate surface area is 248 Å². The van der Waals surface area contributed by atoms with Crippen molar-refractivity contribution in [3.63, 3.8) is 0 Å². The molecular formula is C33H31ClN4O2S. The number of nitrogens with two attached hydrogens (primary N) is 1. The fraction of sp³-hybridized carbons (Fsp3) is 0.182. The van der Waals surface area contributed by atoms with Crippen LogP contribution in [0.1, 0.15) is 62.2 Å². The molecule has 2 heterocycles. The van der Waals surface area contributed by atoms with E-state index in [1.807, 2.05) is 74.5 Å². The van der Waals surface area contributed by atoms with Crippen molar-refractivity contribution in [3.05, 3.63) is 105 Å². The summed E-state index contributed by atoms with van der Waals surface area (Å²) in [4.78, 5) is 32.9. The van der Waals surface area contributed by atoms with Crippen LogP contribution < -0.4 is 16.4 Å². The van der Waals surface area contributed by atoms with Crippen molar-refractivity contribution in [1.82, 2.24) is 4.98 Å². The SMILES string of the molecule is Cc1ccc(NC(=O)c2c(C)nc3sc(C(=O)Nc4ccc(C(C)C)cc4)c(N)c3c2-c2ccccc2Cl)c(C)c1. The van der Waals surface area contributed by atoms with Gasteiger partial charge in [-0.3, -0.25) is 9.59 Å². The van der Waals surface area contributed by atoms with Gasteiger partial charge in [0.25, 0.3) is 11.8 Å². The summed E-state index contributed by atoms with van der Waals surface area (Å²) in [5.41, 5.74) is 13.6. The minimum absolute atomic E-state index is 0.254. The predicted molar refractivity (Wildman–Crippen MR) is 172 cm³/mol. The molecule has 0 aliphatic rings. The Kier molecular flexibility index (Phi) is 7.84. The minimum atomic E-state index is -0.341. The molecule has 3 aromatic carbocycles. The highest BCUT2D eigenvalue weighted by atomic mass is 35.5. The van der Waals surface area contributed by atoms with E-state index >= 15 is 0 Å². The van der Waals surface area contributed by atoms with Gasteiger partial charge in [0, 0.05) is 32.9 Å². The smallest absolute Gasteiger partial charge is 0.267 e. The van der Waals surface area contributed by atoms with E-state index in [0.29, 0.717) is 59.8 Å². The maximum Gasteiger partial charge on any atom is 0.267 e. The average Bonchev–Trinajstić information content (AvgIpc) is 3.25. The van der Waals surface area contributed by atoms with E-state index in [-0.39, 0.29) is 17.5 Å². The normalized spacial score (nSPS) is 11.2. The zero-order valence-corrected chi connectivity index (χ0v) is 25.1. The molecule has 0 spiro atoms. The number of amides is 2. The number of halogens is 1. The third-order valence-corrected chi connectivity index (χ3v) is 8.53. The van der Waals surface area contributed by atoms with E-state index in [1.165, 1.54) is 16.9 Å². The second-order valence-corrected chi connectivity index (χ2v) is 11.9. The van der Waals surface area contributed by atoms with Crippen LogP contribution in [0, 0.1) is 20.8 Å². The van der Waals surface area contributed by atoms with Crippen LogP contribution in [-0.4, -0.2) is 16.8 Å². The Morgan fingerprint density at radius 1 is 0.927 bits per heavy atom. The topological polar surface area (TPSA) is 97.1 Å². The number of hydrogen-bond acceptors (Lipinski definition) is 5. The van der Waals surface area contributed by atoms with E-state index < -0.39 is 0 Å². The molecule has 4 N–H and O–H groups in total. The lowest BCUT2D eigenvalue weighted by atomic mass is 9.94. The van der Waals surface area contributed by atoms with Gasteiger partial charge in [-0.25, -0.2) is 4.98 Å². The van der Waals surface area contributed by atoms with Crippen molar-refractivity contribution in [2.75, 3.05) is 16.4 Å². The molecular weight excluding hydrogens is 552 g/mol. The highest BCUT2D eigenvalue weighted by Gasteiger charge is 2.28. The second-order valence-electron chi connectivity index (χ2n) is 10.5. The third kappa shape index (κ3) is 5.56. The molecule has 6 nitrogen and oxygen atoms in total. The van der Waals surface area contributed by atoms with Crippen LogP contribution in [0.15, 0.2) is 66.7 Å². The molecule has 0 atom stereocenters. The molecule has 0 aliphatic heterocycles. The van der Waals surface area contributed by atoms with Gasteiger partial charge < -0.3 is 16.4 Å². The van der Waals surface area contributed by atoms with Crippen molar-refractivity contribution in [1.29, 1.82) is 0 Å². The van der Waals surface area contributed by atoms with E-state index in [9.17, 15) is 9.59 Å². The van der Waals surface area contributed by atoms with E-state index in [0.717, 1.165) is 11.1 Å². The molecule has 0 unspecified atom stereocenters. The number of hydrogen-bond donors (Lipinski definition) is 3. The Balaban J connectivity index is 1.64. The lowest BCUT2D eigenvalue weighted by Gasteiger charge is -2.16. The molecule has 5 aromatic rings. The predicted octanol–water partition coefficient (Wildman–Crippen LogP) is 8.75. The quantitative estimate of drug-likeness (QED) is 0.186. The van der Waals surface area contributed by atoms with Crippen molar-refractivity contribution in [3.8, 4) is 11.1 Å². The van der Waals surface area contributed by atoms with Gasteiger partial charge >= 0.3 is 0 Å². The molecule has 2 amide bonds. The molecule has 0 aliphatic carbocycles. The Morgan fingerprint density at radius 2 is 1.63 bits per heavy atom.